The quantitative estimate of drug-likeness (QED) is 0.849. The molecule has 0 atom stereocenters. The Morgan fingerprint density at radius 2 is 2.19 bits per heavy atom. The highest BCUT2D eigenvalue weighted by molar-refractivity contribution is 5.74. The van der Waals surface area contributed by atoms with E-state index in [0.717, 1.165) is 6.07 Å². The van der Waals surface area contributed by atoms with Crippen LogP contribution < -0.4 is 5.32 Å². The summed E-state index contributed by atoms with van der Waals surface area (Å²) in [5, 5.41) is 24.4. The Kier molecular flexibility index (Phi) is 3.89. The number of benzene rings is 1. The molecule has 0 aliphatic rings. The SMILES string of the molecule is Cc1c(NC=C(C#N)c2nn[nH]n2)cccc1C(F)(F)F. The van der Waals surface area contributed by atoms with Crippen molar-refractivity contribution in [3.8, 4) is 6.07 Å². The Morgan fingerprint density at radius 1 is 1.43 bits per heavy atom. The lowest BCUT2D eigenvalue weighted by molar-refractivity contribution is -0.138. The summed E-state index contributed by atoms with van der Waals surface area (Å²) in [6.07, 6.45) is -3.20. The van der Waals surface area contributed by atoms with E-state index in [1.807, 2.05) is 6.07 Å². The molecule has 2 rings (SSSR count). The van der Waals surface area contributed by atoms with Crippen LogP contribution in [0.3, 0.4) is 0 Å². The minimum Gasteiger partial charge on any atom is -0.360 e. The molecule has 2 aromatic rings. The molecule has 0 spiro atoms. The van der Waals surface area contributed by atoms with Gasteiger partial charge in [-0.2, -0.15) is 23.6 Å². The average molecular weight is 294 g/mol. The molecular formula is C12H9F3N6. The van der Waals surface area contributed by atoms with Crippen molar-refractivity contribution in [3.05, 3.63) is 41.4 Å². The molecule has 21 heavy (non-hydrogen) atoms. The molecular weight excluding hydrogens is 285 g/mol. The summed E-state index contributed by atoms with van der Waals surface area (Å²) < 4.78 is 38.4. The monoisotopic (exact) mass is 294 g/mol. The maximum absolute atomic E-state index is 12.8. The maximum Gasteiger partial charge on any atom is 0.416 e. The molecule has 0 fully saturated rings. The van der Waals surface area contributed by atoms with E-state index >= 15 is 0 Å². The number of allylic oxidation sites excluding steroid dienone is 1. The third-order valence-corrected chi connectivity index (χ3v) is 2.72. The predicted octanol–water partition coefficient (Wildman–Crippen LogP) is 2.50. The molecule has 0 aliphatic heterocycles. The van der Waals surface area contributed by atoms with Gasteiger partial charge in [-0.25, -0.2) is 0 Å². The number of tetrazole rings is 1. The third-order valence-electron chi connectivity index (χ3n) is 2.72. The number of alkyl halides is 3. The summed E-state index contributed by atoms with van der Waals surface area (Å²) >= 11 is 0. The standard InChI is InChI=1S/C12H9F3N6/c1-7-9(12(13,14)15)3-2-4-10(7)17-6-8(5-16)11-18-20-21-19-11/h2-4,6,17H,1H3,(H,18,19,20,21). The van der Waals surface area contributed by atoms with Crippen molar-refractivity contribution in [1.82, 2.24) is 20.6 Å². The lowest BCUT2D eigenvalue weighted by Gasteiger charge is -2.13. The van der Waals surface area contributed by atoms with Crippen LogP contribution in [0.5, 0.6) is 0 Å². The van der Waals surface area contributed by atoms with Gasteiger partial charge in [-0.3, -0.25) is 0 Å². The van der Waals surface area contributed by atoms with Gasteiger partial charge in [0, 0.05) is 11.9 Å². The maximum atomic E-state index is 12.8. The van der Waals surface area contributed by atoms with E-state index in [1.54, 1.807) is 0 Å². The molecule has 1 aromatic carbocycles. The number of nitriles is 1. The fourth-order valence-corrected chi connectivity index (χ4v) is 1.67. The van der Waals surface area contributed by atoms with Crippen LogP contribution in [0.15, 0.2) is 24.4 Å². The molecule has 2 N–H and O–H groups in total. The summed E-state index contributed by atoms with van der Waals surface area (Å²) in [4.78, 5) is 0. The number of hydrogen-bond donors (Lipinski definition) is 2. The Bertz CT molecular complexity index is 697. The second-order valence-electron chi connectivity index (χ2n) is 4.03. The first-order chi connectivity index (χ1) is 9.93. The van der Waals surface area contributed by atoms with E-state index in [1.165, 1.54) is 25.3 Å². The second kappa shape index (κ2) is 5.62. The molecule has 0 aliphatic carbocycles. The Hall–Kier alpha value is -2.89. The van der Waals surface area contributed by atoms with Gasteiger partial charge in [-0.1, -0.05) is 6.07 Å². The number of nitrogens with one attached hydrogen (secondary N) is 2. The molecule has 108 valence electrons. The Labute approximate surface area is 117 Å². The van der Waals surface area contributed by atoms with Crippen molar-refractivity contribution in [3.63, 3.8) is 0 Å². The zero-order valence-corrected chi connectivity index (χ0v) is 10.7. The number of H-pyrrole nitrogens is 1. The van der Waals surface area contributed by atoms with E-state index in [-0.39, 0.29) is 22.6 Å². The van der Waals surface area contributed by atoms with E-state index in [9.17, 15) is 13.2 Å². The number of rotatable bonds is 3. The first-order valence-electron chi connectivity index (χ1n) is 5.71. The zero-order chi connectivity index (χ0) is 15.5. The van der Waals surface area contributed by atoms with Gasteiger partial charge in [-0.15, -0.1) is 10.2 Å². The highest BCUT2D eigenvalue weighted by Gasteiger charge is 2.32. The minimum atomic E-state index is -4.43. The fraction of sp³-hybridized carbons (Fsp3) is 0.167. The van der Waals surface area contributed by atoms with Crippen molar-refractivity contribution in [2.24, 2.45) is 0 Å². The van der Waals surface area contributed by atoms with Gasteiger partial charge >= 0.3 is 6.18 Å². The van der Waals surface area contributed by atoms with E-state index in [0.29, 0.717) is 0 Å². The fourth-order valence-electron chi connectivity index (χ4n) is 1.67. The van der Waals surface area contributed by atoms with Crippen LogP contribution in [-0.4, -0.2) is 20.6 Å². The Balaban J connectivity index is 2.31. The lowest BCUT2D eigenvalue weighted by Crippen LogP contribution is -2.08. The number of anilines is 1. The van der Waals surface area contributed by atoms with Crippen molar-refractivity contribution in [1.29, 1.82) is 5.26 Å². The molecule has 6 nitrogen and oxygen atoms in total. The van der Waals surface area contributed by atoms with Crippen LogP contribution >= 0.6 is 0 Å². The molecule has 0 saturated carbocycles. The van der Waals surface area contributed by atoms with Crippen molar-refractivity contribution in [2.45, 2.75) is 13.1 Å². The molecule has 0 unspecified atom stereocenters. The molecule has 0 radical (unpaired) electrons. The topological polar surface area (TPSA) is 90.3 Å². The highest BCUT2D eigenvalue weighted by Crippen LogP contribution is 2.34. The van der Waals surface area contributed by atoms with Crippen molar-refractivity contribution < 1.29 is 13.2 Å². The second-order valence-corrected chi connectivity index (χ2v) is 4.03. The number of nitrogens with zero attached hydrogens (tertiary/aromatic N) is 4. The molecule has 1 heterocycles. The molecule has 0 bridgehead atoms. The summed E-state index contributed by atoms with van der Waals surface area (Å²) in [5.74, 6) is 0.0506. The molecule has 0 amide bonds. The zero-order valence-electron chi connectivity index (χ0n) is 10.7. The smallest absolute Gasteiger partial charge is 0.360 e. The van der Waals surface area contributed by atoms with Crippen LogP contribution in [0.2, 0.25) is 0 Å². The number of aromatic nitrogens is 4. The van der Waals surface area contributed by atoms with Gasteiger partial charge in [-0.05, 0) is 29.8 Å². The van der Waals surface area contributed by atoms with Crippen molar-refractivity contribution in [2.75, 3.05) is 5.32 Å². The predicted molar refractivity (Wildman–Crippen MR) is 67.6 cm³/mol. The number of aromatic amines is 1. The number of halogens is 3. The van der Waals surface area contributed by atoms with Gasteiger partial charge in [0.2, 0.25) is 5.82 Å². The first kappa shape index (κ1) is 14.5. The number of hydrogen-bond acceptors (Lipinski definition) is 5. The summed E-state index contributed by atoms with van der Waals surface area (Å²) in [7, 11) is 0. The molecule has 1 aromatic heterocycles. The minimum absolute atomic E-state index is 0.0339. The molecule has 9 heteroatoms. The summed E-state index contributed by atoms with van der Waals surface area (Å²) in [6.45, 7) is 1.35. The van der Waals surface area contributed by atoms with E-state index < -0.39 is 11.7 Å². The van der Waals surface area contributed by atoms with Gasteiger partial charge in [0.05, 0.1) is 5.56 Å². The van der Waals surface area contributed by atoms with E-state index in [2.05, 4.69) is 25.9 Å². The van der Waals surface area contributed by atoms with Crippen LogP contribution in [0.4, 0.5) is 18.9 Å². The largest absolute Gasteiger partial charge is 0.416 e. The van der Waals surface area contributed by atoms with Crippen molar-refractivity contribution >= 4 is 11.3 Å². The third kappa shape index (κ3) is 3.17. The highest BCUT2D eigenvalue weighted by atomic mass is 19.4. The lowest BCUT2D eigenvalue weighted by atomic mass is 10.1. The van der Waals surface area contributed by atoms with Gasteiger partial charge in [0.1, 0.15) is 11.6 Å². The van der Waals surface area contributed by atoms with Crippen LogP contribution in [-0.2, 0) is 6.18 Å². The van der Waals surface area contributed by atoms with Gasteiger partial charge in [0.25, 0.3) is 0 Å². The van der Waals surface area contributed by atoms with Crippen LogP contribution in [0.25, 0.3) is 5.57 Å². The van der Waals surface area contributed by atoms with Crippen LogP contribution in [0.1, 0.15) is 17.0 Å². The summed E-state index contributed by atoms with van der Waals surface area (Å²) in [6, 6.07) is 5.59. The van der Waals surface area contributed by atoms with E-state index in [4.69, 9.17) is 5.26 Å². The molecule has 0 saturated heterocycles. The normalized spacial score (nSPS) is 12.0. The summed E-state index contributed by atoms with van der Waals surface area (Å²) in [5.41, 5.74) is -0.424. The Morgan fingerprint density at radius 3 is 2.76 bits per heavy atom. The first-order valence-corrected chi connectivity index (χ1v) is 5.71. The van der Waals surface area contributed by atoms with Gasteiger partial charge in [0.15, 0.2) is 0 Å². The van der Waals surface area contributed by atoms with Crippen LogP contribution in [0, 0.1) is 18.3 Å². The average Bonchev–Trinajstić information content (AvgIpc) is 2.94. The van der Waals surface area contributed by atoms with Gasteiger partial charge < -0.3 is 5.32 Å².